The van der Waals surface area contributed by atoms with Gasteiger partial charge in [0.2, 0.25) is 17.7 Å². The highest BCUT2D eigenvalue weighted by Crippen LogP contribution is 2.65. The van der Waals surface area contributed by atoms with Crippen LogP contribution in [0.5, 0.6) is 0 Å². The summed E-state index contributed by atoms with van der Waals surface area (Å²) in [5.41, 5.74) is -0.950. The van der Waals surface area contributed by atoms with Crippen LogP contribution in [0.4, 0.5) is 0 Å². The van der Waals surface area contributed by atoms with Crippen molar-refractivity contribution in [3.05, 3.63) is 35.9 Å². The van der Waals surface area contributed by atoms with Crippen molar-refractivity contribution >= 4 is 17.7 Å². The topological polar surface area (TPSA) is 108 Å². The van der Waals surface area contributed by atoms with Gasteiger partial charge in [0.05, 0.1) is 30.1 Å². The quantitative estimate of drug-likeness (QED) is 0.533. The fourth-order valence-electron chi connectivity index (χ4n) is 7.59. The Balaban J connectivity index is 1.56. The lowest BCUT2D eigenvalue weighted by atomic mass is 9.62. The molecule has 8 heteroatoms. The van der Waals surface area contributed by atoms with Crippen LogP contribution >= 0.6 is 0 Å². The van der Waals surface area contributed by atoms with Crippen LogP contribution < -0.4 is 10.6 Å². The third-order valence-electron chi connectivity index (χ3n) is 9.40. The summed E-state index contributed by atoms with van der Waals surface area (Å²) in [6.45, 7) is 3.66. The molecular weight excluding hydrogens is 458 g/mol. The number of hydrogen-bond acceptors (Lipinski definition) is 5. The smallest absolute Gasteiger partial charge is 0.246 e. The number of amides is 3. The molecule has 0 radical (unpaired) electrons. The molecule has 4 aliphatic rings. The van der Waals surface area contributed by atoms with E-state index in [1.54, 1.807) is 11.9 Å². The van der Waals surface area contributed by atoms with Gasteiger partial charge in [0.25, 0.3) is 0 Å². The molecule has 3 saturated heterocycles. The molecular formula is C28H39N3O5. The maximum Gasteiger partial charge on any atom is 0.246 e. The Morgan fingerprint density at radius 1 is 1.17 bits per heavy atom. The summed E-state index contributed by atoms with van der Waals surface area (Å²) in [5.74, 6) is -2.18. The monoisotopic (exact) mass is 497 g/mol. The summed E-state index contributed by atoms with van der Waals surface area (Å²) in [7, 11) is 1.57. The number of aliphatic hydroxyl groups excluding tert-OH is 1. The van der Waals surface area contributed by atoms with Crippen LogP contribution in [0, 0.1) is 17.8 Å². The highest BCUT2D eigenvalue weighted by Gasteiger charge is 2.80. The predicted octanol–water partition coefficient (Wildman–Crippen LogP) is 1.80. The number of likely N-dealkylation sites (tertiary alicyclic amines) is 1. The Labute approximate surface area is 213 Å². The average Bonchev–Trinajstić information content (AvgIpc) is 3.40. The fourth-order valence-corrected chi connectivity index (χ4v) is 7.59. The number of aliphatic hydroxyl groups is 1. The summed E-state index contributed by atoms with van der Waals surface area (Å²) < 4.78 is 6.72. The molecule has 7 atom stereocenters. The number of rotatable bonds is 7. The molecule has 1 aromatic carbocycles. The maximum atomic E-state index is 14.2. The second kappa shape index (κ2) is 9.45. The molecule has 4 fully saturated rings. The van der Waals surface area contributed by atoms with Crippen molar-refractivity contribution in [1.82, 2.24) is 15.5 Å². The highest BCUT2D eigenvalue weighted by atomic mass is 16.5. The van der Waals surface area contributed by atoms with Gasteiger partial charge in [0.1, 0.15) is 11.6 Å². The van der Waals surface area contributed by atoms with Crippen LogP contribution in [0.3, 0.4) is 0 Å². The van der Waals surface area contributed by atoms with Gasteiger partial charge in [-0.3, -0.25) is 14.4 Å². The van der Waals surface area contributed by atoms with Crippen LogP contribution in [0.25, 0.3) is 0 Å². The standard InChI is InChI=1S/C28H39N3O5/c1-17-15-28-22(21(24(33)29-3)27(17,2)36-28)26(35)31(20(16-32)14-18-10-6-4-7-11-18)23(28)25(34)30-19-12-8-5-9-13-19/h4,6-7,10-11,17,19-23,32H,5,8-9,12-16H2,1-3H3,(H,29,33)(H,30,34)/t17?,20-,21-,22+,23?,27+,28?/m1/s1. The lowest BCUT2D eigenvalue weighted by Gasteiger charge is -2.38. The minimum absolute atomic E-state index is 0.00418. The Kier molecular flexibility index (Phi) is 6.62. The van der Waals surface area contributed by atoms with E-state index in [9.17, 15) is 19.5 Å². The van der Waals surface area contributed by atoms with E-state index < -0.39 is 35.1 Å². The average molecular weight is 498 g/mol. The van der Waals surface area contributed by atoms with E-state index in [0.717, 1.165) is 31.2 Å². The van der Waals surface area contributed by atoms with Crippen LogP contribution in [0.1, 0.15) is 57.9 Å². The van der Waals surface area contributed by atoms with Gasteiger partial charge in [-0.2, -0.15) is 0 Å². The molecule has 3 amide bonds. The molecule has 1 aromatic rings. The van der Waals surface area contributed by atoms with Crippen molar-refractivity contribution in [3.63, 3.8) is 0 Å². The summed E-state index contributed by atoms with van der Waals surface area (Å²) >= 11 is 0. The van der Waals surface area contributed by atoms with Crippen LogP contribution in [0.2, 0.25) is 0 Å². The minimum Gasteiger partial charge on any atom is -0.394 e. The number of nitrogens with zero attached hydrogens (tertiary/aromatic N) is 1. The van der Waals surface area contributed by atoms with Gasteiger partial charge in [-0.1, -0.05) is 56.5 Å². The molecule has 1 spiro atoms. The number of benzene rings is 1. The number of carbonyl (C=O) groups excluding carboxylic acids is 3. The zero-order valence-corrected chi connectivity index (χ0v) is 21.5. The summed E-state index contributed by atoms with van der Waals surface area (Å²) in [6.07, 6.45) is 6.10. The van der Waals surface area contributed by atoms with E-state index in [1.807, 2.05) is 44.2 Å². The van der Waals surface area contributed by atoms with Crippen LogP contribution in [-0.4, -0.2) is 70.7 Å². The van der Waals surface area contributed by atoms with E-state index in [2.05, 4.69) is 10.6 Å². The first-order valence-electron chi connectivity index (χ1n) is 13.5. The first-order valence-corrected chi connectivity index (χ1v) is 13.5. The van der Waals surface area contributed by atoms with Crippen molar-refractivity contribution in [2.45, 2.75) is 88.1 Å². The number of fused-ring (bicyclic) bond motifs is 1. The van der Waals surface area contributed by atoms with Gasteiger partial charge in [-0.15, -0.1) is 0 Å². The molecule has 3 aliphatic heterocycles. The summed E-state index contributed by atoms with van der Waals surface area (Å²) in [5, 5.41) is 16.5. The molecule has 36 heavy (non-hydrogen) atoms. The zero-order chi connectivity index (χ0) is 25.7. The first kappa shape index (κ1) is 25.2. The predicted molar refractivity (Wildman–Crippen MR) is 134 cm³/mol. The van der Waals surface area contributed by atoms with Crippen molar-refractivity contribution in [2.24, 2.45) is 17.8 Å². The van der Waals surface area contributed by atoms with Gasteiger partial charge < -0.3 is 25.4 Å². The molecule has 3 N–H and O–H groups in total. The lowest BCUT2D eigenvalue weighted by molar-refractivity contribution is -0.151. The highest BCUT2D eigenvalue weighted by molar-refractivity contribution is 5.99. The third-order valence-corrected chi connectivity index (χ3v) is 9.40. The number of ether oxygens (including phenoxy) is 1. The van der Waals surface area contributed by atoms with Gasteiger partial charge in [-0.05, 0) is 44.1 Å². The third kappa shape index (κ3) is 3.76. The van der Waals surface area contributed by atoms with Crippen LogP contribution in [-0.2, 0) is 25.5 Å². The molecule has 3 heterocycles. The molecule has 1 aliphatic carbocycles. The summed E-state index contributed by atoms with van der Waals surface area (Å²) in [4.78, 5) is 43.0. The van der Waals surface area contributed by atoms with E-state index in [4.69, 9.17) is 4.74 Å². The molecule has 2 bridgehead atoms. The van der Waals surface area contributed by atoms with E-state index >= 15 is 0 Å². The lowest BCUT2D eigenvalue weighted by Crippen LogP contribution is -2.59. The fraction of sp³-hybridized carbons (Fsp3) is 0.679. The van der Waals surface area contributed by atoms with Gasteiger partial charge >= 0.3 is 0 Å². The van der Waals surface area contributed by atoms with Crippen molar-refractivity contribution in [2.75, 3.05) is 13.7 Å². The second-order valence-corrected chi connectivity index (χ2v) is 11.4. The Morgan fingerprint density at radius 2 is 1.86 bits per heavy atom. The number of nitrogens with one attached hydrogen (secondary N) is 2. The number of carbonyl (C=O) groups is 3. The minimum atomic E-state index is -1.09. The molecule has 8 nitrogen and oxygen atoms in total. The number of hydrogen-bond donors (Lipinski definition) is 3. The van der Waals surface area contributed by atoms with Crippen molar-refractivity contribution in [1.29, 1.82) is 0 Å². The molecule has 0 aromatic heterocycles. The van der Waals surface area contributed by atoms with Crippen molar-refractivity contribution < 1.29 is 24.2 Å². The normalized spacial score (nSPS) is 36.6. The maximum absolute atomic E-state index is 14.2. The zero-order valence-electron chi connectivity index (χ0n) is 21.5. The van der Waals surface area contributed by atoms with E-state index in [1.165, 1.54) is 6.42 Å². The first-order chi connectivity index (χ1) is 17.3. The Morgan fingerprint density at radius 3 is 2.50 bits per heavy atom. The molecule has 3 unspecified atom stereocenters. The van der Waals surface area contributed by atoms with Gasteiger partial charge in [-0.25, -0.2) is 0 Å². The van der Waals surface area contributed by atoms with Gasteiger partial charge in [0, 0.05) is 13.1 Å². The molecule has 1 saturated carbocycles. The van der Waals surface area contributed by atoms with E-state index in [-0.39, 0.29) is 36.3 Å². The Hall–Kier alpha value is -2.45. The Bertz CT molecular complexity index is 1010. The van der Waals surface area contributed by atoms with Gasteiger partial charge in [0.15, 0.2) is 0 Å². The summed E-state index contributed by atoms with van der Waals surface area (Å²) in [6, 6.07) is 8.26. The van der Waals surface area contributed by atoms with Crippen molar-refractivity contribution in [3.8, 4) is 0 Å². The molecule has 196 valence electrons. The second-order valence-electron chi connectivity index (χ2n) is 11.4. The van der Waals surface area contributed by atoms with E-state index in [0.29, 0.717) is 12.8 Å². The largest absolute Gasteiger partial charge is 0.394 e. The molecule has 5 rings (SSSR count). The SMILES string of the molecule is CNC(=O)[C@H]1[C@H]2C(=O)N([C@@H](CO)Cc3ccccc3)C(C(=O)NC3CCCCC3)C23CC(C)[C@]1(C)O3. The van der Waals surface area contributed by atoms with Crippen LogP contribution in [0.15, 0.2) is 30.3 Å².